The number of halogens is 4. The van der Waals surface area contributed by atoms with Gasteiger partial charge in [0.1, 0.15) is 5.75 Å². The lowest BCUT2D eigenvalue weighted by Crippen LogP contribution is -2.41. The molecular formula is C48H65ClF3NO4. The maximum atomic E-state index is 14.2. The summed E-state index contributed by atoms with van der Waals surface area (Å²) in [6.07, 6.45) is 22.8. The van der Waals surface area contributed by atoms with Gasteiger partial charge in [-0.05, 0) is 143 Å². The maximum Gasteiger partial charge on any atom is 0.420 e. The van der Waals surface area contributed by atoms with Gasteiger partial charge in [0.25, 0.3) is 0 Å². The molecule has 6 rings (SSSR count). The van der Waals surface area contributed by atoms with Crippen LogP contribution in [0.4, 0.5) is 13.2 Å². The topological polar surface area (TPSA) is 77.8 Å². The predicted molar refractivity (Wildman–Crippen MR) is 222 cm³/mol. The van der Waals surface area contributed by atoms with Crippen molar-refractivity contribution in [2.75, 3.05) is 13.1 Å². The van der Waals surface area contributed by atoms with Gasteiger partial charge in [-0.2, -0.15) is 13.2 Å². The van der Waals surface area contributed by atoms with Gasteiger partial charge in [-0.15, -0.1) is 0 Å². The third kappa shape index (κ3) is 11.8. The second-order valence-corrected chi connectivity index (χ2v) is 18.6. The number of nitrogens with zero attached hydrogens (tertiary/aromatic N) is 1. The van der Waals surface area contributed by atoms with E-state index in [0.29, 0.717) is 48.8 Å². The molecule has 2 saturated carbocycles. The van der Waals surface area contributed by atoms with Gasteiger partial charge in [0, 0.05) is 36.9 Å². The Morgan fingerprint density at radius 2 is 1.68 bits per heavy atom. The van der Waals surface area contributed by atoms with Crippen LogP contribution >= 0.6 is 11.6 Å². The lowest BCUT2D eigenvalue weighted by atomic mass is 9.70. The first-order valence-corrected chi connectivity index (χ1v) is 22.5. The van der Waals surface area contributed by atoms with Gasteiger partial charge in [0.05, 0.1) is 16.7 Å². The maximum absolute atomic E-state index is 14.2. The molecular weight excluding hydrogens is 747 g/mol. The fourth-order valence-corrected chi connectivity index (χ4v) is 11.1. The van der Waals surface area contributed by atoms with E-state index >= 15 is 0 Å². The van der Waals surface area contributed by atoms with Crippen molar-refractivity contribution in [1.82, 2.24) is 4.90 Å². The number of rotatable bonds is 15. The Balaban J connectivity index is 1.04. The Kier molecular flexibility index (Phi) is 15.4. The normalized spacial score (nSPS) is 28.7. The van der Waals surface area contributed by atoms with Crippen LogP contribution in [0.25, 0.3) is 0 Å². The smallest absolute Gasteiger partial charge is 0.420 e. The Morgan fingerprint density at radius 3 is 2.33 bits per heavy atom. The lowest BCUT2D eigenvalue weighted by Gasteiger charge is -2.38. The van der Waals surface area contributed by atoms with Crippen molar-refractivity contribution in [3.05, 3.63) is 75.4 Å². The van der Waals surface area contributed by atoms with Gasteiger partial charge >= 0.3 is 6.18 Å². The SMILES string of the molecule is CCCC1CCC(N2CC=C(C(=O)[C@@H](Cc3cc(Cl)c(O)c(C(F)(F)F)c3)CC(O)CCC3CCC(CC4CC(C5=CCCC=C5)C(C)=CC4=O)CC3)CC2)CC1. The molecule has 0 saturated heterocycles. The van der Waals surface area contributed by atoms with Crippen LogP contribution in [0.1, 0.15) is 141 Å². The molecule has 3 unspecified atom stereocenters. The molecule has 0 amide bonds. The summed E-state index contributed by atoms with van der Waals surface area (Å²) in [6, 6.07) is 2.72. The van der Waals surface area contributed by atoms with Crippen LogP contribution in [0.5, 0.6) is 5.75 Å². The Hall–Kier alpha value is -2.68. The predicted octanol–water partition coefficient (Wildman–Crippen LogP) is 11.9. The number of benzene rings is 1. The first kappa shape index (κ1) is 43.9. The molecule has 5 aliphatic rings. The summed E-state index contributed by atoms with van der Waals surface area (Å²) in [4.78, 5) is 29.7. The summed E-state index contributed by atoms with van der Waals surface area (Å²) in [7, 11) is 0. The van der Waals surface area contributed by atoms with E-state index in [-0.39, 0.29) is 35.9 Å². The summed E-state index contributed by atoms with van der Waals surface area (Å²) in [5, 5.41) is 21.1. The highest BCUT2D eigenvalue weighted by atomic mass is 35.5. The summed E-state index contributed by atoms with van der Waals surface area (Å²) in [6.45, 7) is 5.80. The zero-order valence-corrected chi connectivity index (χ0v) is 34.9. The molecule has 2 fully saturated rings. The van der Waals surface area contributed by atoms with E-state index in [0.717, 1.165) is 76.3 Å². The fourth-order valence-electron chi connectivity index (χ4n) is 10.8. The van der Waals surface area contributed by atoms with Crippen molar-refractivity contribution in [3.8, 4) is 5.75 Å². The highest BCUT2D eigenvalue weighted by Gasteiger charge is 2.37. The number of ketones is 2. The molecule has 0 aromatic heterocycles. The number of aliphatic hydroxyl groups excluding tert-OH is 1. The molecule has 9 heteroatoms. The number of carbonyl (C=O) groups excluding carboxylic acids is 2. The van der Waals surface area contributed by atoms with E-state index in [4.69, 9.17) is 11.6 Å². The third-order valence-corrected chi connectivity index (χ3v) is 14.5. The molecule has 0 bridgehead atoms. The number of carbonyl (C=O) groups is 2. The lowest BCUT2D eigenvalue weighted by molar-refractivity contribution is -0.138. The van der Waals surface area contributed by atoms with Crippen molar-refractivity contribution in [2.24, 2.45) is 35.5 Å². The van der Waals surface area contributed by atoms with Crippen molar-refractivity contribution in [3.63, 3.8) is 0 Å². The second-order valence-electron chi connectivity index (χ2n) is 18.2. The quantitative estimate of drug-likeness (QED) is 0.184. The first-order chi connectivity index (χ1) is 27.3. The van der Waals surface area contributed by atoms with Crippen LogP contribution < -0.4 is 0 Å². The van der Waals surface area contributed by atoms with E-state index in [1.165, 1.54) is 55.7 Å². The largest absolute Gasteiger partial charge is 0.506 e. The minimum Gasteiger partial charge on any atom is -0.506 e. The van der Waals surface area contributed by atoms with E-state index in [1.807, 2.05) is 12.2 Å². The number of aliphatic hydroxyl groups is 1. The minimum atomic E-state index is -4.80. The molecule has 2 N–H and O–H groups in total. The van der Waals surface area contributed by atoms with E-state index in [9.17, 15) is 33.0 Å². The number of hydrogen-bond donors (Lipinski definition) is 2. The number of hydrogen-bond acceptors (Lipinski definition) is 5. The summed E-state index contributed by atoms with van der Waals surface area (Å²) >= 11 is 6.09. The van der Waals surface area contributed by atoms with Crippen LogP contribution in [-0.2, 0) is 22.2 Å². The zero-order valence-electron chi connectivity index (χ0n) is 34.2. The summed E-state index contributed by atoms with van der Waals surface area (Å²) < 4.78 is 41.5. The molecule has 1 heterocycles. The van der Waals surface area contributed by atoms with Crippen LogP contribution in [-0.4, -0.2) is 51.9 Å². The number of Topliss-reactive ketones (excluding diaryl/α,β-unsaturated/α-hetero) is 1. The number of phenols is 1. The molecule has 4 aliphatic carbocycles. The zero-order chi connectivity index (χ0) is 40.7. The van der Waals surface area contributed by atoms with Gasteiger partial charge < -0.3 is 10.2 Å². The van der Waals surface area contributed by atoms with E-state index in [2.05, 4.69) is 37.0 Å². The molecule has 1 aromatic rings. The standard InChI is InChI=1S/C48H65ClF3NO4/c1-3-7-32-14-17-40(18-15-32)53-22-20-37(21-23-53)46(56)39(26-35-27-43(48(50,51)52)47(57)44(49)28-35)29-41(54)19-16-33-10-12-34(13-11-33)25-38-30-42(31(2)24-45(38)55)36-8-5-4-6-9-36/h5,8-9,20,24,27-28,32-34,38-42,54,57H,3-4,6-7,10-19,21-23,25-26,29-30H2,1-2H3/t32?,33?,34?,38?,39-,40?,41?,42?/m0/s1. The van der Waals surface area contributed by atoms with Gasteiger partial charge in [-0.1, -0.05) is 86.9 Å². The van der Waals surface area contributed by atoms with Crippen molar-refractivity contribution < 1.29 is 33.0 Å². The Morgan fingerprint density at radius 1 is 0.982 bits per heavy atom. The van der Waals surface area contributed by atoms with Crippen LogP contribution in [0, 0.1) is 35.5 Å². The number of aromatic hydroxyl groups is 1. The average molecular weight is 812 g/mol. The summed E-state index contributed by atoms with van der Waals surface area (Å²) in [5.41, 5.74) is 2.23. The van der Waals surface area contributed by atoms with Crippen molar-refractivity contribution in [2.45, 2.75) is 154 Å². The van der Waals surface area contributed by atoms with E-state index in [1.54, 1.807) is 0 Å². The number of alkyl halides is 3. The van der Waals surface area contributed by atoms with Gasteiger partial charge in [-0.3, -0.25) is 14.5 Å². The monoisotopic (exact) mass is 811 g/mol. The molecule has 1 aliphatic heterocycles. The van der Waals surface area contributed by atoms with Crippen molar-refractivity contribution in [1.29, 1.82) is 0 Å². The average Bonchev–Trinajstić information content (AvgIpc) is 3.20. The molecule has 4 atom stereocenters. The van der Waals surface area contributed by atoms with E-state index < -0.39 is 34.5 Å². The fraction of sp³-hybridized carbons (Fsp3) is 0.667. The van der Waals surface area contributed by atoms with Gasteiger partial charge in [-0.25, -0.2) is 0 Å². The van der Waals surface area contributed by atoms with Crippen LogP contribution in [0.15, 0.2) is 59.2 Å². The second kappa shape index (κ2) is 20.1. The molecule has 0 spiro atoms. The first-order valence-electron chi connectivity index (χ1n) is 22.1. The third-order valence-electron chi connectivity index (χ3n) is 14.2. The molecule has 314 valence electrons. The molecule has 5 nitrogen and oxygen atoms in total. The molecule has 57 heavy (non-hydrogen) atoms. The van der Waals surface area contributed by atoms with Crippen molar-refractivity contribution >= 4 is 23.2 Å². The van der Waals surface area contributed by atoms with Gasteiger partial charge in [0.15, 0.2) is 11.6 Å². The molecule has 0 radical (unpaired) electrons. The molecule has 1 aromatic carbocycles. The van der Waals surface area contributed by atoms with Gasteiger partial charge in [0.2, 0.25) is 0 Å². The van der Waals surface area contributed by atoms with Crippen LogP contribution in [0.2, 0.25) is 5.02 Å². The summed E-state index contributed by atoms with van der Waals surface area (Å²) in [5.74, 6) is 0.611. The Labute approximate surface area is 343 Å². The van der Waals surface area contributed by atoms with Crippen LogP contribution in [0.3, 0.4) is 0 Å². The number of phenolic OH excluding ortho intramolecular Hbond substituents is 1. The highest BCUT2D eigenvalue weighted by molar-refractivity contribution is 6.32. The number of allylic oxidation sites excluding steroid dienone is 6. The Bertz CT molecular complexity index is 1680. The minimum absolute atomic E-state index is 0.00436. The highest BCUT2D eigenvalue weighted by Crippen LogP contribution is 2.43.